The summed E-state index contributed by atoms with van der Waals surface area (Å²) in [7, 11) is 0. The van der Waals surface area contributed by atoms with Crippen molar-refractivity contribution < 1.29 is 0 Å². The quantitative estimate of drug-likeness (QED) is 0.0662. The van der Waals surface area contributed by atoms with E-state index in [-0.39, 0.29) is 10.8 Å². The summed E-state index contributed by atoms with van der Waals surface area (Å²) in [6.45, 7) is 10.8. The molecule has 0 unspecified atom stereocenters. The van der Waals surface area contributed by atoms with E-state index in [1.807, 2.05) is 0 Å². The molecule has 0 amide bonds. The van der Waals surface area contributed by atoms with Gasteiger partial charge in [0.1, 0.15) is 0 Å². The molecule has 6 rings (SSSR count). The molecule has 0 fully saturated rings. The molecule has 0 bridgehead atoms. The second-order valence-corrected chi connectivity index (χ2v) is 18.0. The number of hydrogen-bond acceptors (Lipinski definition) is 2. The average Bonchev–Trinajstić information content (AvgIpc) is 3.62. The van der Waals surface area contributed by atoms with Crippen molar-refractivity contribution in [3.63, 3.8) is 0 Å². The Balaban J connectivity index is 1.43. The highest BCUT2D eigenvalue weighted by Crippen LogP contribution is 2.57. The lowest BCUT2D eigenvalue weighted by molar-refractivity contribution is 0.398. The van der Waals surface area contributed by atoms with Crippen molar-refractivity contribution in [3.8, 4) is 33.4 Å². The van der Waals surface area contributed by atoms with Gasteiger partial charge in [-0.05, 0) is 133 Å². The van der Waals surface area contributed by atoms with Gasteiger partial charge < -0.3 is 11.5 Å². The average molecular weight is 753 g/mol. The van der Waals surface area contributed by atoms with E-state index in [0.29, 0.717) is 0 Å². The first kappa shape index (κ1) is 42.4. The smallest absolute Gasteiger partial charge is 0.0215 e. The summed E-state index contributed by atoms with van der Waals surface area (Å²) >= 11 is 0. The van der Waals surface area contributed by atoms with Gasteiger partial charge in [-0.2, -0.15) is 0 Å². The zero-order valence-electron chi connectivity index (χ0n) is 36.1. The molecule has 0 saturated carbocycles. The van der Waals surface area contributed by atoms with Crippen LogP contribution in [0.4, 0.5) is 0 Å². The fourth-order valence-electron chi connectivity index (χ4n) is 10.8. The van der Waals surface area contributed by atoms with Gasteiger partial charge in [0.05, 0.1) is 0 Å². The summed E-state index contributed by atoms with van der Waals surface area (Å²) < 4.78 is 0. The molecular formula is C54H76N2. The van der Waals surface area contributed by atoms with Crippen LogP contribution < -0.4 is 11.5 Å². The molecule has 0 radical (unpaired) electrons. The van der Waals surface area contributed by atoms with Gasteiger partial charge in [-0.15, -0.1) is 0 Å². The molecule has 0 heterocycles. The fraction of sp³-hybridized carbons (Fsp3) is 0.556. The van der Waals surface area contributed by atoms with Crippen LogP contribution in [0.3, 0.4) is 0 Å². The molecule has 0 aromatic heterocycles. The summed E-state index contributed by atoms with van der Waals surface area (Å²) in [6, 6.07) is 29.9. The Morgan fingerprint density at radius 2 is 0.661 bits per heavy atom. The van der Waals surface area contributed by atoms with Crippen molar-refractivity contribution in [1.82, 2.24) is 0 Å². The molecule has 2 aliphatic rings. The number of unbranched alkanes of at least 4 members (excludes halogenated alkanes) is 14. The molecule has 0 saturated heterocycles. The highest BCUT2D eigenvalue weighted by molar-refractivity contribution is 5.87. The Morgan fingerprint density at radius 3 is 1.00 bits per heavy atom. The maximum absolute atomic E-state index is 5.94. The SMILES string of the molecule is CCCCCCCC1(CCCCCCC)c2cc(C)ccc2-c2ccc(-c3ccc4c(c3)C(CCCCCCN)(CCCCCCN)c3cc(C)ccc3-4)cc21. The largest absolute Gasteiger partial charge is 0.330 e. The Bertz CT molecular complexity index is 1680. The molecule has 0 atom stereocenters. The molecule has 56 heavy (non-hydrogen) atoms. The Morgan fingerprint density at radius 1 is 0.357 bits per heavy atom. The van der Waals surface area contributed by atoms with Crippen molar-refractivity contribution in [3.05, 3.63) is 106 Å². The van der Waals surface area contributed by atoms with Crippen LogP contribution >= 0.6 is 0 Å². The van der Waals surface area contributed by atoms with E-state index in [1.54, 1.807) is 22.3 Å². The van der Waals surface area contributed by atoms with Crippen molar-refractivity contribution in [2.24, 2.45) is 11.5 Å². The number of aryl methyl sites for hydroxylation is 2. The second-order valence-electron chi connectivity index (χ2n) is 18.0. The third-order valence-electron chi connectivity index (χ3n) is 13.9. The molecule has 2 heteroatoms. The molecule has 302 valence electrons. The summed E-state index contributed by atoms with van der Waals surface area (Å²) in [5, 5.41) is 0. The number of hydrogen-bond donors (Lipinski definition) is 2. The number of nitrogens with two attached hydrogens (primary N) is 2. The fourth-order valence-corrected chi connectivity index (χ4v) is 10.8. The third-order valence-corrected chi connectivity index (χ3v) is 13.9. The molecule has 4 aromatic carbocycles. The highest BCUT2D eigenvalue weighted by atomic mass is 14.5. The second kappa shape index (κ2) is 20.5. The van der Waals surface area contributed by atoms with Gasteiger partial charge in [0.25, 0.3) is 0 Å². The monoisotopic (exact) mass is 753 g/mol. The minimum atomic E-state index is 0.0450. The zero-order chi connectivity index (χ0) is 39.4. The maximum Gasteiger partial charge on any atom is 0.0215 e. The van der Waals surface area contributed by atoms with Crippen LogP contribution in [-0.4, -0.2) is 13.1 Å². The third kappa shape index (κ3) is 9.23. The lowest BCUT2D eigenvalue weighted by Gasteiger charge is -2.34. The first-order valence-electron chi connectivity index (χ1n) is 23.3. The van der Waals surface area contributed by atoms with Crippen LogP contribution in [-0.2, 0) is 10.8 Å². The van der Waals surface area contributed by atoms with Gasteiger partial charge in [0.15, 0.2) is 0 Å². The highest BCUT2D eigenvalue weighted by Gasteiger charge is 2.44. The Kier molecular flexibility index (Phi) is 15.5. The summed E-state index contributed by atoms with van der Waals surface area (Å²) in [4.78, 5) is 0. The van der Waals surface area contributed by atoms with Crippen molar-refractivity contribution in [2.45, 2.75) is 180 Å². The predicted molar refractivity (Wildman–Crippen MR) is 245 cm³/mol. The van der Waals surface area contributed by atoms with Gasteiger partial charge in [0, 0.05) is 10.8 Å². The van der Waals surface area contributed by atoms with Crippen LogP contribution in [0, 0.1) is 13.8 Å². The lowest BCUT2D eigenvalue weighted by Crippen LogP contribution is -2.26. The molecule has 0 aliphatic heterocycles. The van der Waals surface area contributed by atoms with Crippen LogP contribution in [0.2, 0.25) is 0 Å². The topological polar surface area (TPSA) is 52.0 Å². The van der Waals surface area contributed by atoms with Gasteiger partial charge in [-0.25, -0.2) is 0 Å². The number of rotatable bonds is 25. The van der Waals surface area contributed by atoms with Crippen molar-refractivity contribution in [1.29, 1.82) is 0 Å². The maximum atomic E-state index is 5.94. The van der Waals surface area contributed by atoms with Crippen LogP contribution in [0.5, 0.6) is 0 Å². The van der Waals surface area contributed by atoms with Gasteiger partial charge >= 0.3 is 0 Å². The molecule has 2 nitrogen and oxygen atoms in total. The van der Waals surface area contributed by atoms with Gasteiger partial charge in [0.2, 0.25) is 0 Å². The Labute approximate surface area is 342 Å². The Hall–Kier alpha value is -3.20. The zero-order valence-corrected chi connectivity index (χ0v) is 36.1. The van der Waals surface area contributed by atoms with Gasteiger partial charge in [-0.3, -0.25) is 0 Å². The normalized spacial score (nSPS) is 14.5. The van der Waals surface area contributed by atoms with E-state index in [2.05, 4.69) is 100 Å². The minimum absolute atomic E-state index is 0.0450. The van der Waals surface area contributed by atoms with Gasteiger partial charge in [-0.1, -0.05) is 188 Å². The summed E-state index contributed by atoms with van der Waals surface area (Å²) in [6.07, 6.45) is 28.0. The predicted octanol–water partition coefficient (Wildman–Crippen LogP) is 15.0. The van der Waals surface area contributed by atoms with E-state index in [4.69, 9.17) is 11.5 Å². The van der Waals surface area contributed by atoms with Crippen LogP contribution in [0.1, 0.15) is 188 Å². The number of benzene rings is 4. The first-order valence-corrected chi connectivity index (χ1v) is 23.3. The van der Waals surface area contributed by atoms with Crippen LogP contribution in [0.15, 0.2) is 72.8 Å². The molecule has 0 spiro atoms. The van der Waals surface area contributed by atoms with Crippen LogP contribution in [0.25, 0.3) is 33.4 Å². The minimum Gasteiger partial charge on any atom is -0.330 e. The number of fused-ring (bicyclic) bond motifs is 6. The van der Waals surface area contributed by atoms with E-state index in [1.165, 1.54) is 173 Å². The summed E-state index contributed by atoms with van der Waals surface area (Å²) in [5.41, 5.74) is 29.8. The summed E-state index contributed by atoms with van der Waals surface area (Å²) in [5.74, 6) is 0. The van der Waals surface area contributed by atoms with E-state index in [0.717, 1.165) is 25.9 Å². The van der Waals surface area contributed by atoms with E-state index >= 15 is 0 Å². The molecule has 2 aliphatic carbocycles. The van der Waals surface area contributed by atoms with E-state index in [9.17, 15) is 0 Å². The standard InChI is InChI=1S/C54H76N2/c1-5-7-9-11-17-31-53(32-18-12-10-8-6-2)49-37-41(3)23-27-45(49)47-29-25-43(39-51(47)53)44-26-30-48-46-28-24-42(4)38-50(46)54(52(48)40-44,33-19-13-15-21-35-55)34-20-14-16-22-36-56/h23-30,37-40H,5-22,31-36,55-56H2,1-4H3. The van der Waals surface area contributed by atoms with E-state index < -0.39 is 0 Å². The van der Waals surface area contributed by atoms with Crippen molar-refractivity contribution >= 4 is 0 Å². The first-order chi connectivity index (χ1) is 27.4. The molecular weight excluding hydrogens is 677 g/mol. The lowest BCUT2D eigenvalue weighted by atomic mass is 9.69. The molecule has 4 N–H and O–H groups in total. The van der Waals surface area contributed by atoms with Crippen molar-refractivity contribution in [2.75, 3.05) is 13.1 Å². The molecule has 4 aromatic rings.